The van der Waals surface area contributed by atoms with Crippen molar-refractivity contribution in [1.29, 1.82) is 0 Å². The molecule has 8 heteroatoms. The van der Waals surface area contributed by atoms with Crippen molar-refractivity contribution in [2.24, 2.45) is 0 Å². The van der Waals surface area contributed by atoms with E-state index in [9.17, 15) is 9.59 Å². The average molecular weight is 414 g/mol. The van der Waals surface area contributed by atoms with Gasteiger partial charge in [-0.2, -0.15) is 0 Å². The number of para-hydroxylation sites is 1. The third kappa shape index (κ3) is 5.36. The molecular weight excluding hydrogens is 394 g/mol. The minimum absolute atomic E-state index is 0.149. The summed E-state index contributed by atoms with van der Waals surface area (Å²) in [5.74, 6) is 0.567. The average Bonchev–Trinajstić information content (AvgIpc) is 3.11. The van der Waals surface area contributed by atoms with E-state index in [2.05, 4.69) is 10.5 Å². The molecule has 150 valence electrons. The molecule has 0 spiro atoms. The number of nitrogens with zero attached hydrogens (tertiary/aromatic N) is 2. The molecule has 2 aromatic carbocycles. The molecule has 1 N–H and O–H groups in total. The molecule has 3 aromatic rings. The SMILES string of the molecule is Cc1cc(NC(=O)CN(C)C(=O)c2ccccc2OCc2ccccc2Cl)no1. The fourth-order valence-corrected chi connectivity index (χ4v) is 2.83. The Balaban J connectivity index is 1.65. The van der Waals surface area contributed by atoms with Gasteiger partial charge in [-0.05, 0) is 25.1 Å². The molecule has 2 amide bonds. The number of anilines is 1. The molecule has 29 heavy (non-hydrogen) atoms. The zero-order valence-electron chi connectivity index (χ0n) is 16.0. The Labute approximate surface area is 173 Å². The van der Waals surface area contributed by atoms with Gasteiger partial charge in [-0.15, -0.1) is 0 Å². The molecule has 3 rings (SSSR count). The number of ether oxygens (including phenoxy) is 1. The second kappa shape index (κ2) is 9.25. The second-order valence-electron chi connectivity index (χ2n) is 6.41. The number of benzene rings is 2. The maximum atomic E-state index is 12.8. The van der Waals surface area contributed by atoms with Gasteiger partial charge in [-0.3, -0.25) is 9.59 Å². The van der Waals surface area contributed by atoms with Gasteiger partial charge < -0.3 is 19.5 Å². The predicted molar refractivity (Wildman–Crippen MR) is 109 cm³/mol. The minimum atomic E-state index is -0.386. The zero-order valence-corrected chi connectivity index (χ0v) is 16.8. The van der Waals surface area contributed by atoms with Gasteiger partial charge in [0.2, 0.25) is 5.91 Å². The lowest BCUT2D eigenvalue weighted by Crippen LogP contribution is -2.35. The number of aromatic nitrogens is 1. The topological polar surface area (TPSA) is 84.7 Å². The third-order valence-electron chi connectivity index (χ3n) is 4.08. The van der Waals surface area contributed by atoms with E-state index in [-0.39, 0.29) is 25.0 Å². The highest BCUT2D eigenvalue weighted by Crippen LogP contribution is 2.23. The quantitative estimate of drug-likeness (QED) is 0.634. The molecule has 0 saturated heterocycles. The lowest BCUT2D eigenvalue weighted by atomic mass is 10.1. The fourth-order valence-electron chi connectivity index (χ4n) is 2.64. The molecular formula is C21H20ClN3O4. The first-order valence-corrected chi connectivity index (χ1v) is 9.25. The number of rotatable bonds is 7. The monoisotopic (exact) mass is 413 g/mol. The fraction of sp³-hybridized carbons (Fsp3) is 0.190. The smallest absolute Gasteiger partial charge is 0.257 e. The number of hydrogen-bond donors (Lipinski definition) is 1. The van der Waals surface area contributed by atoms with E-state index in [4.69, 9.17) is 20.9 Å². The van der Waals surface area contributed by atoms with E-state index in [1.807, 2.05) is 18.2 Å². The summed E-state index contributed by atoms with van der Waals surface area (Å²) in [7, 11) is 1.54. The molecule has 0 aliphatic heterocycles. The highest BCUT2D eigenvalue weighted by molar-refractivity contribution is 6.31. The number of hydrogen-bond acceptors (Lipinski definition) is 5. The Morgan fingerprint density at radius 3 is 2.62 bits per heavy atom. The van der Waals surface area contributed by atoms with E-state index < -0.39 is 0 Å². The Hall–Kier alpha value is -3.32. The zero-order chi connectivity index (χ0) is 20.8. The summed E-state index contributed by atoms with van der Waals surface area (Å²) in [4.78, 5) is 26.3. The van der Waals surface area contributed by atoms with Crippen LogP contribution in [-0.2, 0) is 11.4 Å². The Bertz CT molecular complexity index is 1020. The van der Waals surface area contributed by atoms with Gasteiger partial charge in [0, 0.05) is 23.7 Å². The largest absolute Gasteiger partial charge is 0.488 e. The van der Waals surface area contributed by atoms with Gasteiger partial charge in [-0.25, -0.2) is 0 Å². The van der Waals surface area contributed by atoms with Crippen molar-refractivity contribution in [2.45, 2.75) is 13.5 Å². The number of carbonyl (C=O) groups is 2. The van der Waals surface area contributed by atoms with Crippen LogP contribution in [0.25, 0.3) is 0 Å². The van der Waals surface area contributed by atoms with Crippen molar-refractivity contribution in [3.63, 3.8) is 0 Å². The highest BCUT2D eigenvalue weighted by Gasteiger charge is 2.19. The van der Waals surface area contributed by atoms with Crippen LogP contribution in [0.15, 0.2) is 59.1 Å². The Morgan fingerprint density at radius 1 is 1.17 bits per heavy atom. The summed E-state index contributed by atoms with van der Waals surface area (Å²) in [6, 6.07) is 15.8. The molecule has 0 unspecified atom stereocenters. The van der Waals surface area contributed by atoms with Crippen LogP contribution in [0.2, 0.25) is 5.02 Å². The first-order valence-electron chi connectivity index (χ1n) is 8.88. The van der Waals surface area contributed by atoms with Gasteiger partial charge in [0.1, 0.15) is 18.1 Å². The van der Waals surface area contributed by atoms with Crippen LogP contribution in [0.5, 0.6) is 5.75 Å². The van der Waals surface area contributed by atoms with Crippen LogP contribution in [0.1, 0.15) is 21.7 Å². The number of halogens is 1. The normalized spacial score (nSPS) is 10.4. The molecule has 0 aliphatic rings. The Kier molecular flexibility index (Phi) is 6.51. The molecule has 0 radical (unpaired) electrons. The summed E-state index contributed by atoms with van der Waals surface area (Å²) < 4.78 is 10.7. The molecule has 0 atom stereocenters. The van der Waals surface area contributed by atoms with Crippen LogP contribution in [0.4, 0.5) is 5.82 Å². The van der Waals surface area contributed by atoms with E-state index in [1.54, 1.807) is 50.4 Å². The molecule has 1 aromatic heterocycles. The first-order chi connectivity index (χ1) is 13.9. The van der Waals surface area contributed by atoms with Gasteiger partial charge in [0.25, 0.3) is 5.91 Å². The maximum Gasteiger partial charge on any atom is 0.257 e. The number of amides is 2. The predicted octanol–water partition coefficient (Wildman–Crippen LogP) is 3.93. The third-order valence-corrected chi connectivity index (χ3v) is 4.45. The molecule has 1 heterocycles. The van der Waals surface area contributed by atoms with Gasteiger partial charge >= 0.3 is 0 Å². The minimum Gasteiger partial charge on any atom is -0.488 e. The lowest BCUT2D eigenvalue weighted by molar-refractivity contribution is -0.116. The van der Waals surface area contributed by atoms with Crippen molar-refractivity contribution in [3.8, 4) is 5.75 Å². The van der Waals surface area contributed by atoms with E-state index in [0.717, 1.165) is 5.56 Å². The molecule has 0 aliphatic carbocycles. The second-order valence-corrected chi connectivity index (χ2v) is 6.82. The van der Waals surface area contributed by atoms with Crippen molar-refractivity contribution in [3.05, 3.63) is 76.5 Å². The highest BCUT2D eigenvalue weighted by atomic mass is 35.5. The Morgan fingerprint density at radius 2 is 1.90 bits per heavy atom. The van der Waals surface area contributed by atoms with Gasteiger partial charge in [0.05, 0.1) is 12.1 Å². The summed E-state index contributed by atoms with van der Waals surface area (Å²) in [6.45, 7) is 1.79. The number of likely N-dealkylation sites (N-methyl/N-ethyl adjacent to an activating group) is 1. The van der Waals surface area contributed by atoms with Crippen LogP contribution in [0.3, 0.4) is 0 Å². The summed E-state index contributed by atoms with van der Waals surface area (Å²) >= 11 is 6.16. The molecule has 0 fully saturated rings. The molecule has 7 nitrogen and oxygen atoms in total. The van der Waals surface area contributed by atoms with Gasteiger partial charge in [-0.1, -0.05) is 47.1 Å². The van der Waals surface area contributed by atoms with Crippen LogP contribution in [0, 0.1) is 6.92 Å². The molecule has 0 saturated carbocycles. The van der Waals surface area contributed by atoms with Crippen molar-refractivity contribution in [2.75, 3.05) is 18.9 Å². The lowest BCUT2D eigenvalue weighted by Gasteiger charge is -2.18. The number of nitrogens with one attached hydrogen (secondary N) is 1. The van der Waals surface area contributed by atoms with Crippen molar-refractivity contribution in [1.82, 2.24) is 10.1 Å². The van der Waals surface area contributed by atoms with Gasteiger partial charge in [0.15, 0.2) is 5.82 Å². The van der Waals surface area contributed by atoms with Crippen molar-refractivity contribution < 1.29 is 18.8 Å². The summed E-state index contributed by atoms with van der Waals surface area (Å²) in [5.41, 5.74) is 1.17. The summed E-state index contributed by atoms with van der Waals surface area (Å²) in [6.07, 6.45) is 0. The summed E-state index contributed by atoms with van der Waals surface area (Å²) in [5, 5.41) is 6.87. The standard InChI is InChI=1S/C21H20ClN3O4/c1-14-11-19(24-29-14)23-20(26)12-25(2)21(27)16-8-4-6-10-18(16)28-13-15-7-3-5-9-17(15)22/h3-11H,12-13H2,1-2H3,(H,23,24,26). The van der Waals surface area contributed by atoms with E-state index in [0.29, 0.717) is 27.9 Å². The van der Waals surface area contributed by atoms with E-state index in [1.165, 1.54) is 4.90 Å². The van der Waals surface area contributed by atoms with Crippen molar-refractivity contribution >= 4 is 29.2 Å². The van der Waals surface area contributed by atoms with E-state index >= 15 is 0 Å². The van der Waals surface area contributed by atoms with Crippen LogP contribution >= 0.6 is 11.6 Å². The number of aryl methyl sites for hydroxylation is 1. The van der Waals surface area contributed by atoms with Crippen LogP contribution in [-0.4, -0.2) is 35.5 Å². The maximum absolute atomic E-state index is 12.8. The first kappa shape index (κ1) is 20.4. The van der Waals surface area contributed by atoms with Crippen LogP contribution < -0.4 is 10.1 Å². The number of carbonyl (C=O) groups excluding carboxylic acids is 2. The molecule has 0 bridgehead atoms.